The van der Waals surface area contributed by atoms with Crippen molar-refractivity contribution in [3.8, 4) is 0 Å². The Morgan fingerprint density at radius 3 is 2.58 bits per heavy atom. The number of carbonyl (C=O) groups is 1. The third kappa shape index (κ3) is 3.23. The van der Waals surface area contributed by atoms with E-state index in [9.17, 15) is 4.79 Å². The van der Waals surface area contributed by atoms with E-state index >= 15 is 0 Å². The summed E-state index contributed by atoms with van der Waals surface area (Å²) < 4.78 is 0. The molecule has 0 rings (SSSR count). The Morgan fingerprint density at radius 1 is 1.67 bits per heavy atom. The van der Waals surface area contributed by atoms with Crippen LogP contribution in [0.25, 0.3) is 0 Å². The molecule has 0 aromatic rings. The Bertz CT molecular complexity index is 207. The molecule has 12 heavy (non-hydrogen) atoms. The smallest absolute Gasteiger partial charge is 0.333 e. The molecule has 0 saturated carbocycles. The molecule has 0 radical (unpaired) electrons. The molecule has 0 bridgehead atoms. The molecule has 0 aliphatic rings. The van der Waals surface area contributed by atoms with Gasteiger partial charge in [0.05, 0.1) is 5.57 Å². The van der Waals surface area contributed by atoms with Crippen LogP contribution in [-0.4, -0.2) is 17.6 Å². The molecule has 0 fully saturated rings. The Morgan fingerprint density at radius 2 is 2.25 bits per heavy atom. The van der Waals surface area contributed by atoms with E-state index in [4.69, 9.17) is 5.11 Å². The maximum atomic E-state index is 10.5. The van der Waals surface area contributed by atoms with Gasteiger partial charge in [0, 0.05) is 12.2 Å². The van der Waals surface area contributed by atoms with E-state index in [2.05, 4.69) is 11.9 Å². The maximum Gasteiger partial charge on any atom is 0.333 e. The lowest BCUT2D eigenvalue weighted by molar-refractivity contribution is -0.132. The van der Waals surface area contributed by atoms with Gasteiger partial charge in [-0.25, -0.2) is 4.79 Å². The zero-order chi connectivity index (χ0) is 9.56. The van der Waals surface area contributed by atoms with Gasteiger partial charge in [0.25, 0.3) is 0 Å². The zero-order valence-electron chi connectivity index (χ0n) is 7.55. The first-order chi connectivity index (χ1) is 5.63. The highest BCUT2D eigenvalue weighted by Crippen LogP contribution is 2.04. The van der Waals surface area contributed by atoms with Crippen molar-refractivity contribution in [3.63, 3.8) is 0 Å². The summed E-state index contributed by atoms with van der Waals surface area (Å²) in [6.45, 7) is 7.65. The number of hydrogen-bond acceptors (Lipinski definition) is 2. The van der Waals surface area contributed by atoms with Crippen LogP contribution < -0.4 is 5.32 Å². The van der Waals surface area contributed by atoms with Crippen molar-refractivity contribution in [2.45, 2.75) is 20.3 Å². The summed E-state index contributed by atoms with van der Waals surface area (Å²) in [6, 6.07) is 0. The van der Waals surface area contributed by atoms with Gasteiger partial charge in [0.2, 0.25) is 0 Å². The number of carboxylic acid groups (broad SMARTS) is 1. The van der Waals surface area contributed by atoms with Crippen LogP contribution in [0.1, 0.15) is 20.3 Å². The van der Waals surface area contributed by atoms with Gasteiger partial charge in [0.15, 0.2) is 0 Å². The van der Waals surface area contributed by atoms with Crippen molar-refractivity contribution in [1.29, 1.82) is 0 Å². The average Bonchev–Trinajstić information content (AvgIpc) is 2.05. The van der Waals surface area contributed by atoms with Gasteiger partial charge in [-0.2, -0.15) is 0 Å². The summed E-state index contributed by atoms with van der Waals surface area (Å²) in [5.74, 6) is -0.872. The summed E-state index contributed by atoms with van der Waals surface area (Å²) in [5, 5.41) is 11.6. The second-order valence-corrected chi connectivity index (χ2v) is 2.43. The molecule has 0 unspecified atom stereocenters. The fourth-order valence-electron chi connectivity index (χ4n) is 0.847. The number of nitrogens with one attached hydrogen (secondary N) is 1. The molecule has 0 heterocycles. The molecule has 0 aromatic carbocycles. The van der Waals surface area contributed by atoms with Crippen LogP contribution in [0, 0.1) is 0 Å². The van der Waals surface area contributed by atoms with Crippen LogP contribution in [-0.2, 0) is 4.79 Å². The molecule has 0 atom stereocenters. The summed E-state index contributed by atoms with van der Waals surface area (Å²) in [4.78, 5) is 10.5. The molecule has 0 amide bonds. The molecule has 0 saturated heterocycles. The highest BCUT2D eigenvalue weighted by Gasteiger charge is 2.05. The molecular formula is C9H15NO2. The summed E-state index contributed by atoms with van der Waals surface area (Å²) in [5.41, 5.74) is 1.14. The Labute approximate surface area is 72.8 Å². The predicted octanol–water partition coefficient (Wildman–Crippen LogP) is 1.53. The molecule has 0 aliphatic heterocycles. The van der Waals surface area contributed by atoms with E-state index in [1.807, 2.05) is 6.92 Å². The van der Waals surface area contributed by atoms with Gasteiger partial charge in [-0.3, -0.25) is 0 Å². The first-order valence-corrected chi connectivity index (χ1v) is 3.91. The molecule has 0 spiro atoms. The summed E-state index contributed by atoms with van der Waals surface area (Å²) in [6.07, 6.45) is 2.40. The fourth-order valence-corrected chi connectivity index (χ4v) is 0.847. The van der Waals surface area contributed by atoms with E-state index in [0.29, 0.717) is 18.5 Å². The highest BCUT2D eigenvalue weighted by atomic mass is 16.4. The van der Waals surface area contributed by atoms with Crippen LogP contribution in [0.5, 0.6) is 0 Å². The van der Waals surface area contributed by atoms with Crippen molar-refractivity contribution in [2.24, 2.45) is 0 Å². The van der Waals surface area contributed by atoms with Crippen LogP contribution in [0.2, 0.25) is 0 Å². The zero-order valence-corrected chi connectivity index (χ0v) is 7.55. The molecule has 0 aromatic heterocycles. The van der Waals surface area contributed by atoms with Gasteiger partial charge < -0.3 is 10.4 Å². The monoisotopic (exact) mass is 169 g/mol. The van der Waals surface area contributed by atoms with Crippen LogP contribution in [0.4, 0.5) is 0 Å². The fraction of sp³-hybridized carbons (Fsp3) is 0.444. The average molecular weight is 169 g/mol. The van der Waals surface area contributed by atoms with Crippen molar-refractivity contribution in [2.75, 3.05) is 6.54 Å². The Balaban J connectivity index is 4.38. The molecule has 3 heteroatoms. The topological polar surface area (TPSA) is 49.3 Å². The van der Waals surface area contributed by atoms with Crippen molar-refractivity contribution < 1.29 is 9.90 Å². The lowest BCUT2D eigenvalue weighted by Crippen LogP contribution is -2.16. The van der Waals surface area contributed by atoms with Crippen LogP contribution in [0.3, 0.4) is 0 Å². The van der Waals surface area contributed by atoms with Gasteiger partial charge in [-0.1, -0.05) is 13.0 Å². The van der Waals surface area contributed by atoms with Gasteiger partial charge in [0.1, 0.15) is 0 Å². The Kier molecular flexibility index (Phi) is 4.84. The number of allylic oxidation sites excluding steroid dienone is 1. The van der Waals surface area contributed by atoms with Crippen molar-refractivity contribution >= 4 is 5.97 Å². The SMILES string of the molecule is C=CCN/C(CC)=C(\C)C(=O)O. The number of aliphatic carboxylic acids is 1. The summed E-state index contributed by atoms with van der Waals surface area (Å²) in [7, 11) is 0. The number of hydrogen-bond donors (Lipinski definition) is 2. The van der Waals surface area contributed by atoms with Gasteiger partial charge in [-0.05, 0) is 13.3 Å². The second-order valence-electron chi connectivity index (χ2n) is 2.43. The molecular weight excluding hydrogens is 154 g/mol. The van der Waals surface area contributed by atoms with E-state index in [1.165, 1.54) is 0 Å². The lowest BCUT2D eigenvalue weighted by Gasteiger charge is -2.08. The highest BCUT2D eigenvalue weighted by molar-refractivity contribution is 5.86. The van der Waals surface area contributed by atoms with Gasteiger partial charge >= 0.3 is 5.97 Å². The number of rotatable bonds is 5. The van der Waals surface area contributed by atoms with Gasteiger partial charge in [-0.15, -0.1) is 6.58 Å². The van der Waals surface area contributed by atoms with E-state index in [-0.39, 0.29) is 0 Å². The first-order valence-electron chi connectivity index (χ1n) is 3.91. The molecule has 68 valence electrons. The minimum absolute atomic E-state index is 0.374. The first kappa shape index (κ1) is 10.8. The quantitative estimate of drug-likeness (QED) is 0.484. The molecule has 3 nitrogen and oxygen atoms in total. The Hall–Kier alpha value is -1.25. The normalized spacial score (nSPS) is 11.8. The maximum absolute atomic E-state index is 10.5. The largest absolute Gasteiger partial charge is 0.478 e. The van der Waals surface area contributed by atoms with E-state index < -0.39 is 5.97 Å². The van der Waals surface area contributed by atoms with E-state index in [0.717, 1.165) is 5.70 Å². The van der Waals surface area contributed by atoms with Crippen LogP contribution >= 0.6 is 0 Å². The minimum Gasteiger partial charge on any atom is -0.478 e. The van der Waals surface area contributed by atoms with Crippen LogP contribution in [0.15, 0.2) is 23.9 Å². The summed E-state index contributed by atoms with van der Waals surface area (Å²) >= 11 is 0. The number of carboxylic acids is 1. The second kappa shape index (κ2) is 5.41. The molecule has 2 N–H and O–H groups in total. The lowest BCUT2D eigenvalue weighted by atomic mass is 10.2. The third-order valence-electron chi connectivity index (χ3n) is 1.59. The molecule has 0 aliphatic carbocycles. The van der Waals surface area contributed by atoms with Crippen molar-refractivity contribution in [1.82, 2.24) is 5.32 Å². The minimum atomic E-state index is -0.872. The standard InChI is InChI=1S/C9H15NO2/c1-4-6-10-8(5-2)7(3)9(11)12/h4,10H,1,5-6H2,2-3H3,(H,11,12)/b8-7+. The van der Waals surface area contributed by atoms with E-state index in [1.54, 1.807) is 13.0 Å². The third-order valence-corrected chi connectivity index (χ3v) is 1.59. The van der Waals surface area contributed by atoms with Crippen molar-refractivity contribution in [3.05, 3.63) is 23.9 Å². The predicted molar refractivity (Wildman–Crippen MR) is 48.8 cm³/mol.